The molecule has 0 saturated carbocycles. The van der Waals surface area contributed by atoms with Crippen LogP contribution in [0.25, 0.3) is 21.5 Å². The lowest BCUT2D eigenvalue weighted by Crippen LogP contribution is -2.10. The van der Waals surface area contributed by atoms with Gasteiger partial charge in [-0.3, -0.25) is 0 Å². The zero-order valence-electron chi connectivity index (χ0n) is 27.6. The Balaban J connectivity index is 1.10. The summed E-state index contributed by atoms with van der Waals surface area (Å²) in [4.78, 5) is 4.63. The van der Waals surface area contributed by atoms with Crippen LogP contribution in [0.15, 0.2) is 182 Å². The van der Waals surface area contributed by atoms with E-state index in [1.807, 2.05) is 24.3 Å². The lowest BCUT2D eigenvalue weighted by molar-refractivity contribution is 0.483. The van der Waals surface area contributed by atoms with Crippen molar-refractivity contribution in [2.24, 2.45) is 0 Å². The summed E-state index contributed by atoms with van der Waals surface area (Å²) in [6, 6.07) is 64.1. The van der Waals surface area contributed by atoms with Crippen molar-refractivity contribution in [3.8, 4) is 11.5 Å². The summed E-state index contributed by atoms with van der Waals surface area (Å²) in [6.07, 6.45) is 0. The molecule has 0 atom stereocenters. The molecule has 0 amide bonds. The van der Waals surface area contributed by atoms with Gasteiger partial charge in [0.25, 0.3) is 0 Å². The molecule has 8 aromatic rings. The normalized spacial score (nSPS) is 11.1. The number of rotatable bonds is 8. The number of hydrogen-bond acceptors (Lipinski definition) is 3. The Bertz CT molecular complexity index is 2180. The van der Waals surface area contributed by atoms with Crippen LogP contribution < -0.4 is 14.5 Å². The molecule has 8 aromatic carbocycles. The number of hydrogen-bond donors (Lipinski definition) is 0. The zero-order chi connectivity index (χ0) is 33.2. The van der Waals surface area contributed by atoms with Gasteiger partial charge in [-0.05, 0) is 110 Å². The summed E-state index contributed by atoms with van der Waals surface area (Å²) in [5.41, 5.74) is 9.07. The van der Waals surface area contributed by atoms with E-state index in [4.69, 9.17) is 4.74 Å². The smallest absolute Gasteiger partial charge is 0.127 e. The molecular formula is C46H36N2O. The predicted molar refractivity (Wildman–Crippen MR) is 207 cm³/mol. The monoisotopic (exact) mass is 632 g/mol. The quantitative estimate of drug-likeness (QED) is 0.166. The number of fused-ring (bicyclic) bond motifs is 2. The molecule has 0 saturated heterocycles. The van der Waals surface area contributed by atoms with E-state index in [0.29, 0.717) is 0 Å². The summed E-state index contributed by atoms with van der Waals surface area (Å²) in [5.74, 6) is 1.56. The van der Waals surface area contributed by atoms with Crippen LogP contribution in [0.2, 0.25) is 0 Å². The van der Waals surface area contributed by atoms with Gasteiger partial charge in [0.2, 0.25) is 0 Å². The molecule has 8 rings (SSSR count). The molecule has 0 aliphatic rings. The summed E-state index contributed by atoms with van der Waals surface area (Å²) < 4.78 is 6.41. The first kappa shape index (κ1) is 30.0. The van der Waals surface area contributed by atoms with Crippen molar-refractivity contribution in [1.29, 1.82) is 0 Å². The molecule has 3 heteroatoms. The number of aryl methyl sites for hydroxylation is 2. The average molecular weight is 633 g/mol. The van der Waals surface area contributed by atoms with Crippen molar-refractivity contribution in [3.63, 3.8) is 0 Å². The number of anilines is 6. The number of nitrogens with zero attached hydrogens (tertiary/aromatic N) is 2. The molecular weight excluding hydrogens is 597 g/mol. The van der Waals surface area contributed by atoms with Crippen molar-refractivity contribution >= 4 is 55.7 Å². The van der Waals surface area contributed by atoms with Crippen LogP contribution in [0.1, 0.15) is 11.1 Å². The van der Waals surface area contributed by atoms with Gasteiger partial charge in [-0.25, -0.2) is 0 Å². The van der Waals surface area contributed by atoms with Gasteiger partial charge in [0.1, 0.15) is 11.5 Å². The Labute approximate surface area is 287 Å². The minimum absolute atomic E-state index is 0.780. The molecule has 236 valence electrons. The van der Waals surface area contributed by atoms with Crippen molar-refractivity contribution in [2.45, 2.75) is 13.8 Å². The fourth-order valence-corrected chi connectivity index (χ4v) is 6.51. The largest absolute Gasteiger partial charge is 0.457 e. The lowest BCUT2D eigenvalue weighted by Gasteiger charge is -2.27. The standard InChI is InChI=1S/C46H36N2O/c1-33-17-21-37(22-18-33)47(45-15-7-11-35-9-3-5-13-43(35)45)39-25-29-41(30-26-39)49-42-31-27-40(28-32-42)48(38-23-19-34(2)20-24-38)46-16-8-12-36-10-4-6-14-44(36)46/h3-32H,1-2H3. The van der Waals surface area contributed by atoms with Crippen molar-refractivity contribution in [1.82, 2.24) is 0 Å². The van der Waals surface area contributed by atoms with E-state index in [9.17, 15) is 0 Å². The third-order valence-corrected chi connectivity index (χ3v) is 9.02. The maximum Gasteiger partial charge on any atom is 0.127 e. The van der Waals surface area contributed by atoms with Crippen LogP contribution in [0.5, 0.6) is 11.5 Å². The van der Waals surface area contributed by atoms with E-state index in [-0.39, 0.29) is 0 Å². The Morgan fingerprint density at radius 3 is 1.04 bits per heavy atom. The maximum atomic E-state index is 6.41. The Hall–Kier alpha value is -6.32. The third kappa shape index (κ3) is 6.10. The molecule has 49 heavy (non-hydrogen) atoms. The Morgan fingerprint density at radius 1 is 0.327 bits per heavy atom. The first-order valence-electron chi connectivity index (χ1n) is 16.7. The second-order valence-electron chi connectivity index (χ2n) is 12.4. The van der Waals surface area contributed by atoms with Gasteiger partial charge in [-0.1, -0.05) is 108 Å². The van der Waals surface area contributed by atoms with Gasteiger partial charge < -0.3 is 14.5 Å². The number of benzene rings is 8. The van der Waals surface area contributed by atoms with E-state index in [1.165, 1.54) is 32.7 Å². The molecule has 3 nitrogen and oxygen atoms in total. The highest BCUT2D eigenvalue weighted by molar-refractivity contribution is 6.00. The average Bonchev–Trinajstić information content (AvgIpc) is 3.15. The van der Waals surface area contributed by atoms with Crippen LogP contribution in [0, 0.1) is 13.8 Å². The van der Waals surface area contributed by atoms with Crippen LogP contribution >= 0.6 is 0 Å². The highest BCUT2D eigenvalue weighted by Gasteiger charge is 2.17. The first-order chi connectivity index (χ1) is 24.1. The van der Waals surface area contributed by atoms with Gasteiger partial charge in [-0.15, -0.1) is 0 Å². The molecule has 0 aromatic heterocycles. The fourth-order valence-electron chi connectivity index (χ4n) is 6.51. The van der Waals surface area contributed by atoms with Gasteiger partial charge in [0, 0.05) is 33.5 Å². The number of ether oxygens (including phenoxy) is 1. The fraction of sp³-hybridized carbons (Fsp3) is 0.0435. The summed E-state index contributed by atoms with van der Waals surface area (Å²) in [5, 5.41) is 4.83. The Morgan fingerprint density at radius 2 is 0.653 bits per heavy atom. The maximum absolute atomic E-state index is 6.41. The van der Waals surface area contributed by atoms with Gasteiger partial charge in [-0.2, -0.15) is 0 Å². The zero-order valence-corrected chi connectivity index (χ0v) is 27.6. The molecule has 0 N–H and O–H groups in total. The van der Waals surface area contributed by atoms with E-state index >= 15 is 0 Å². The highest BCUT2D eigenvalue weighted by Crippen LogP contribution is 2.41. The van der Waals surface area contributed by atoms with Crippen molar-refractivity contribution in [3.05, 3.63) is 193 Å². The molecule has 0 unspecified atom stereocenters. The van der Waals surface area contributed by atoms with Crippen LogP contribution in [-0.4, -0.2) is 0 Å². The SMILES string of the molecule is Cc1ccc(N(c2ccc(Oc3ccc(N(c4ccc(C)cc4)c4cccc5ccccc45)cc3)cc2)c2cccc3ccccc23)cc1. The third-order valence-electron chi connectivity index (χ3n) is 9.02. The van der Waals surface area contributed by atoms with E-state index in [2.05, 4.69) is 181 Å². The van der Waals surface area contributed by atoms with Crippen molar-refractivity contribution in [2.75, 3.05) is 9.80 Å². The highest BCUT2D eigenvalue weighted by atomic mass is 16.5. The second-order valence-corrected chi connectivity index (χ2v) is 12.4. The van der Waals surface area contributed by atoms with Crippen molar-refractivity contribution < 1.29 is 4.74 Å². The molecule has 0 heterocycles. The molecule has 0 radical (unpaired) electrons. The topological polar surface area (TPSA) is 15.7 Å². The van der Waals surface area contributed by atoms with Crippen LogP contribution in [-0.2, 0) is 0 Å². The van der Waals surface area contributed by atoms with Gasteiger partial charge in [0.15, 0.2) is 0 Å². The summed E-state index contributed by atoms with van der Waals surface area (Å²) >= 11 is 0. The second kappa shape index (κ2) is 13.1. The van der Waals surface area contributed by atoms with Gasteiger partial charge >= 0.3 is 0 Å². The van der Waals surface area contributed by atoms with Gasteiger partial charge in [0.05, 0.1) is 11.4 Å². The molecule has 0 fully saturated rings. The molecule has 0 bridgehead atoms. The summed E-state index contributed by atoms with van der Waals surface area (Å²) in [6.45, 7) is 4.24. The van der Waals surface area contributed by atoms with E-state index < -0.39 is 0 Å². The molecule has 0 aliphatic heterocycles. The van der Waals surface area contributed by atoms with E-state index in [0.717, 1.165) is 45.6 Å². The predicted octanol–water partition coefficient (Wildman–Crippen LogP) is 13.3. The molecule has 0 aliphatic carbocycles. The first-order valence-corrected chi connectivity index (χ1v) is 16.7. The minimum atomic E-state index is 0.780. The molecule has 0 spiro atoms. The minimum Gasteiger partial charge on any atom is -0.457 e. The van der Waals surface area contributed by atoms with Crippen LogP contribution in [0.4, 0.5) is 34.1 Å². The van der Waals surface area contributed by atoms with E-state index in [1.54, 1.807) is 0 Å². The van der Waals surface area contributed by atoms with Crippen LogP contribution in [0.3, 0.4) is 0 Å². The lowest BCUT2D eigenvalue weighted by atomic mass is 10.1. The Kier molecular flexibility index (Phi) is 8.01. The summed E-state index contributed by atoms with van der Waals surface area (Å²) in [7, 11) is 0.